The lowest BCUT2D eigenvalue weighted by Gasteiger charge is -2.43. The third-order valence-corrected chi connectivity index (χ3v) is 11.3. The Morgan fingerprint density at radius 3 is 2.09 bits per heavy atom. The van der Waals surface area contributed by atoms with Crippen LogP contribution >= 0.6 is 0 Å². The second kappa shape index (κ2) is 16.9. The molecule has 286 valence electrons. The number of carboxylic acids is 1. The molecule has 0 spiro atoms. The molecule has 14 heteroatoms. The van der Waals surface area contributed by atoms with E-state index in [4.69, 9.17) is 9.84 Å². The summed E-state index contributed by atoms with van der Waals surface area (Å²) in [6.07, 6.45) is 1.96. The molecule has 53 heavy (non-hydrogen) atoms. The van der Waals surface area contributed by atoms with Crippen LogP contribution in [0.25, 0.3) is 0 Å². The highest BCUT2D eigenvalue weighted by Gasteiger charge is 2.37. The van der Waals surface area contributed by atoms with Gasteiger partial charge in [-0.2, -0.15) is 0 Å². The van der Waals surface area contributed by atoms with Crippen LogP contribution in [0.1, 0.15) is 60.8 Å². The maximum Gasteiger partial charge on any atom is 0.410 e. The number of piperazine rings is 1. The number of ether oxygens (including phenoxy) is 1. The van der Waals surface area contributed by atoms with Gasteiger partial charge in [0.05, 0.1) is 6.42 Å². The van der Waals surface area contributed by atoms with Gasteiger partial charge in [0, 0.05) is 89.5 Å². The number of para-hydroxylation sites is 1. The number of nitrogens with one attached hydrogen (secondary N) is 1. The number of carboxylic acid groups (broad SMARTS) is 1. The number of carbonyl (C=O) groups excluding carboxylic acids is 4. The number of amides is 5. The summed E-state index contributed by atoms with van der Waals surface area (Å²) < 4.78 is 6.05. The summed E-state index contributed by atoms with van der Waals surface area (Å²) in [6.45, 7) is 8.45. The average molecular weight is 733 g/mol. The van der Waals surface area contributed by atoms with Crippen molar-refractivity contribution in [1.82, 2.24) is 24.5 Å². The molecule has 4 heterocycles. The number of fused-ring (bicyclic) bond motifs is 1. The van der Waals surface area contributed by atoms with Crippen molar-refractivity contribution in [1.29, 1.82) is 0 Å². The van der Waals surface area contributed by atoms with Gasteiger partial charge in [0.2, 0.25) is 5.91 Å². The quantitative estimate of drug-likeness (QED) is 0.350. The fourth-order valence-electron chi connectivity index (χ4n) is 8.21. The first kappa shape index (κ1) is 37.9. The molecule has 0 aromatic heterocycles. The van der Waals surface area contributed by atoms with Crippen LogP contribution in [0.15, 0.2) is 36.4 Å². The maximum absolute atomic E-state index is 14.1. The number of rotatable bonds is 9. The molecule has 0 radical (unpaired) electrons. The van der Waals surface area contributed by atoms with Gasteiger partial charge in [-0.05, 0) is 74.3 Å². The Morgan fingerprint density at radius 2 is 1.43 bits per heavy atom. The SMILES string of the molecule is Cc1cc(CC(OC(=O)N2CCC(N3CCc4ccccc4NC3=O)CC2)C(=O)N2CCN(C3CCN(C(=O)CCC(=O)O)CC3)CC2)cc(C)c1O. The number of aliphatic carboxylic acids is 1. The number of phenols is 1. The van der Waals surface area contributed by atoms with E-state index in [-0.39, 0.29) is 54.9 Å². The normalized spacial score (nSPS) is 19.6. The lowest BCUT2D eigenvalue weighted by molar-refractivity contribution is -0.143. The summed E-state index contributed by atoms with van der Waals surface area (Å²) in [4.78, 5) is 73.5. The molecule has 3 saturated heterocycles. The molecular formula is C39H52N6O8. The van der Waals surface area contributed by atoms with Crippen LogP contribution in [-0.2, 0) is 32.0 Å². The van der Waals surface area contributed by atoms with Gasteiger partial charge in [-0.15, -0.1) is 0 Å². The molecule has 1 atom stereocenters. The molecule has 0 saturated carbocycles. The Hall–Kier alpha value is -4.85. The molecule has 0 aliphatic carbocycles. The summed E-state index contributed by atoms with van der Waals surface area (Å²) in [5.74, 6) is -1.15. The van der Waals surface area contributed by atoms with E-state index in [1.807, 2.05) is 41.3 Å². The number of carbonyl (C=O) groups is 5. The molecule has 3 N–H and O–H groups in total. The van der Waals surface area contributed by atoms with E-state index in [1.54, 1.807) is 28.5 Å². The number of aryl methyl sites for hydroxylation is 2. The van der Waals surface area contributed by atoms with Crippen molar-refractivity contribution < 1.29 is 38.9 Å². The Balaban J connectivity index is 1.04. The highest BCUT2D eigenvalue weighted by Crippen LogP contribution is 2.27. The lowest BCUT2D eigenvalue weighted by Crippen LogP contribution is -2.57. The second-order valence-electron chi connectivity index (χ2n) is 14.8. The number of urea groups is 1. The van der Waals surface area contributed by atoms with Crippen LogP contribution < -0.4 is 5.32 Å². The van der Waals surface area contributed by atoms with Crippen molar-refractivity contribution in [2.24, 2.45) is 0 Å². The van der Waals surface area contributed by atoms with Crippen molar-refractivity contribution in [2.75, 3.05) is 64.2 Å². The van der Waals surface area contributed by atoms with Crippen LogP contribution in [0.2, 0.25) is 0 Å². The van der Waals surface area contributed by atoms with Gasteiger partial charge in [0.25, 0.3) is 5.91 Å². The van der Waals surface area contributed by atoms with Crippen molar-refractivity contribution >= 4 is 35.6 Å². The molecule has 4 aliphatic rings. The number of hydrogen-bond donors (Lipinski definition) is 3. The maximum atomic E-state index is 14.1. The predicted octanol–water partition coefficient (Wildman–Crippen LogP) is 3.61. The summed E-state index contributed by atoms with van der Waals surface area (Å²) in [5.41, 5.74) is 4.10. The molecule has 6 rings (SSSR count). The second-order valence-corrected chi connectivity index (χ2v) is 14.8. The van der Waals surface area contributed by atoms with Crippen LogP contribution in [0.4, 0.5) is 15.3 Å². The molecule has 2 aromatic carbocycles. The zero-order valence-electron chi connectivity index (χ0n) is 30.8. The molecule has 2 aromatic rings. The standard InChI is InChI=1S/C39H52N6O8/c1-26-23-28(24-27(2)36(26)49)25-33(37(50)43-21-19-41(20-22-43)30-10-14-42(15-11-30)34(46)7-8-35(47)48)53-39(52)44-16-12-31(13-17-44)45-18-9-29-5-3-4-6-32(29)40-38(45)51/h3-6,23-24,30-31,33,49H,7-22,25H2,1-2H3,(H,40,51)(H,47,48). The number of likely N-dealkylation sites (tertiary alicyclic amines) is 2. The third kappa shape index (κ3) is 9.21. The Kier molecular flexibility index (Phi) is 12.1. The zero-order chi connectivity index (χ0) is 37.6. The highest BCUT2D eigenvalue weighted by atomic mass is 16.6. The van der Waals surface area contributed by atoms with Crippen LogP contribution in [0.5, 0.6) is 5.75 Å². The van der Waals surface area contributed by atoms with E-state index >= 15 is 0 Å². The number of nitrogens with zero attached hydrogens (tertiary/aromatic N) is 5. The van der Waals surface area contributed by atoms with Crippen LogP contribution in [0.3, 0.4) is 0 Å². The summed E-state index contributed by atoms with van der Waals surface area (Å²) in [6, 6.07) is 11.6. The Morgan fingerprint density at radius 1 is 0.811 bits per heavy atom. The summed E-state index contributed by atoms with van der Waals surface area (Å²) in [5, 5.41) is 22.3. The number of anilines is 1. The van der Waals surface area contributed by atoms with Crippen molar-refractivity contribution in [3.63, 3.8) is 0 Å². The fourth-order valence-corrected chi connectivity index (χ4v) is 8.21. The van der Waals surface area contributed by atoms with Gasteiger partial charge >= 0.3 is 18.1 Å². The number of hydrogen-bond acceptors (Lipinski definition) is 8. The van der Waals surface area contributed by atoms with E-state index < -0.39 is 18.2 Å². The zero-order valence-corrected chi connectivity index (χ0v) is 30.8. The van der Waals surface area contributed by atoms with Gasteiger partial charge in [0.1, 0.15) is 5.75 Å². The minimum Gasteiger partial charge on any atom is -0.507 e. The largest absolute Gasteiger partial charge is 0.507 e. The van der Waals surface area contributed by atoms with Crippen molar-refractivity contribution in [2.45, 2.75) is 83.4 Å². The first-order valence-corrected chi connectivity index (χ1v) is 18.9. The minimum absolute atomic E-state index is 0.0149. The lowest BCUT2D eigenvalue weighted by atomic mass is 10.00. The number of aromatic hydroxyl groups is 1. The number of benzene rings is 2. The third-order valence-electron chi connectivity index (χ3n) is 11.3. The van der Waals surface area contributed by atoms with E-state index in [0.717, 1.165) is 36.1 Å². The molecule has 14 nitrogen and oxygen atoms in total. The first-order valence-electron chi connectivity index (χ1n) is 18.9. The molecular weight excluding hydrogens is 680 g/mol. The van der Waals surface area contributed by atoms with Gasteiger partial charge in [-0.3, -0.25) is 19.3 Å². The molecule has 0 bridgehead atoms. The molecule has 5 amide bonds. The molecule has 4 aliphatic heterocycles. The van der Waals surface area contributed by atoms with E-state index in [0.29, 0.717) is 82.9 Å². The topological polar surface area (TPSA) is 163 Å². The highest BCUT2D eigenvalue weighted by molar-refractivity contribution is 5.91. The van der Waals surface area contributed by atoms with Gasteiger partial charge in [-0.1, -0.05) is 30.3 Å². The van der Waals surface area contributed by atoms with Crippen LogP contribution in [0, 0.1) is 13.8 Å². The number of phenolic OH excluding ortho intramolecular Hbond substituents is 1. The van der Waals surface area contributed by atoms with Gasteiger partial charge < -0.3 is 39.9 Å². The fraction of sp³-hybridized carbons (Fsp3) is 0.564. The van der Waals surface area contributed by atoms with Crippen LogP contribution in [-0.4, -0.2) is 142 Å². The van der Waals surface area contributed by atoms with Crippen molar-refractivity contribution in [3.05, 3.63) is 58.7 Å². The summed E-state index contributed by atoms with van der Waals surface area (Å²) in [7, 11) is 0. The van der Waals surface area contributed by atoms with E-state index in [2.05, 4.69) is 10.2 Å². The smallest absolute Gasteiger partial charge is 0.410 e. The average Bonchev–Trinajstić information content (AvgIpc) is 3.33. The number of piperidine rings is 2. The Bertz CT molecular complexity index is 1650. The molecule has 1 unspecified atom stereocenters. The Labute approximate surface area is 310 Å². The molecule has 3 fully saturated rings. The minimum atomic E-state index is -1.05. The van der Waals surface area contributed by atoms with E-state index in [9.17, 15) is 29.1 Å². The predicted molar refractivity (Wildman–Crippen MR) is 197 cm³/mol. The van der Waals surface area contributed by atoms with Gasteiger partial charge in [0.15, 0.2) is 6.10 Å². The van der Waals surface area contributed by atoms with E-state index in [1.165, 1.54) is 0 Å². The first-order chi connectivity index (χ1) is 25.5. The summed E-state index contributed by atoms with van der Waals surface area (Å²) >= 11 is 0. The monoisotopic (exact) mass is 732 g/mol. The van der Waals surface area contributed by atoms with Crippen molar-refractivity contribution in [3.8, 4) is 5.75 Å². The van der Waals surface area contributed by atoms with Gasteiger partial charge in [-0.25, -0.2) is 9.59 Å².